The van der Waals surface area contributed by atoms with Gasteiger partial charge in [0.2, 0.25) is 0 Å². The van der Waals surface area contributed by atoms with E-state index in [9.17, 15) is 14.7 Å². The standard InChI is InChI=1S/C18H18N2O4/c21-17(12-4-5-14(19-10-12)11-2-1-3-11)20-8-6-15-13(7-9-24-15)16(20)18(22)23/h4-5,7,9-11,16H,1-3,6,8H2,(H,22,23). The van der Waals surface area contributed by atoms with Crippen LogP contribution < -0.4 is 0 Å². The van der Waals surface area contributed by atoms with Crippen molar-refractivity contribution in [2.75, 3.05) is 6.54 Å². The van der Waals surface area contributed by atoms with Crippen molar-refractivity contribution in [3.63, 3.8) is 0 Å². The summed E-state index contributed by atoms with van der Waals surface area (Å²) >= 11 is 0. The first-order valence-electron chi connectivity index (χ1n) is 8.21. The van der Waals surface area contributed by atoms with E-state index in [1.165, 1.54) is 17.6 Å². The molecule has 24 heavy (non-hydrogen) atoms. The molecular formula is C18H18N2O4. The Morgan fingerprint density at radius 2 is 2.08 bits per heavy atom. The Labute approximate surface area is 139 Å². The van der Waals surface area contributed by atoms with Crippen molar-refractivity contribution < 1.29 is 19.1 Å². The molecule has 4 rings (SSSR count). The zero-order valence-electron chi connectivity index (χ0n) is 13.1. The molecule has 0 saturated heterocycles. The molecule has 2 aromatic heterocycles. The van der Waals surface area contributed by atoms with Crippen molar-refractivity contribution in [2.45, 2.75) is 37.6 Å². The minimum Gasteiger partial charge on any atom is -0.479 e. The normalized spacial score (nSPS) is 20.3. The molecule has 1 saturated carbocycles. The maximum Gasteiger partial charge on any atom is 0.331 e. The highest BCUT2D eigenvalue weighted by atomic mass is 16.4. The van der Waals surface area contributed by atoms with Crippen molar-refractivity contribution >= 4 is 11.9 Å². The monoisotopic (exact) mass is 326 g/mol. The van der Waals surface area contributed by atoms with Crippen molar-refractivity contribution in [1.29, 1.82) is 0 Å². The summed E-state index contributed by atoms with van der Waals surface area (Å²) in [5.41, 5.74) is 2.00. The number of rotatable bonds is 3. The summed E-state index contributed by atoms with van der Waals surface area (Å²) in [5, 5.41) is 9.57. The molecular weight excluding hydrogens is 308 g/mol. The molecule has 6 heteroatoms. The first kappa shape index (κ1) is 14.9. The van der Waals surface area contributed by atoms with Crippen molar-refractivity contribution in [3.05, 3.63) is 53.2 Å². The lowest BCUT2D eigenvalue weighted by Crippen LogP contribution is -2.43. The minimum absolute atomic E-state index is 0.304. The van der Waals surface area contributed by atoms with Crippen LogP contribution in [-0.2, 0) is 11.2 Å². The molecule has 1 amide bonds. The van der Waals surface area contributed by atoms with E-state index in [4.69, 9.17) is 4.42 Å². The van der Waals surface area contributed by atoms with Crippen LogP contribution in [0.25, 0.3) is 0 Å². The number of pyridine rings is 1. The van der Waals surface area contributed by atoms with E-state index in [1.54, 1.807) is 18.3 Å². The van der Waals surface area contributed by atoms with Crippen LogP contribution in [0.2, 0.25) is 0 Å². The zero-order chi connectivity index (χ0) is 16.7. The number of nitrogens with zero attached hydrogens (tertiary/aromatic N) is 2. The molecule has 6 nitrogen and oxygen atoms in total. The average Bonchev–Trinajstić information content (AvgIpc) is 3.00. The van der Waals surface area contributed by atoms with E-state index >= 15 is 0 Å². The third-order valence-electron chi connectivity index (χ3n) is 5.02. The van der Waals surface area contributed by atoms with Crippen LogP contribution in [0.3, 0.4) is 0 Å². The zero-order valence-corrected chi connectivity index (χ0v) is 13.1. The van der Waals surface area contributed by atoms with E-state index in [-0.39, 0.29) is 5.91 Å². The number of furan rings is 1. The molecule has 0 bridgehead atoms. The van der Waals surface area contributed by atoms with Crippen LogP contribution in [-0.4, -0.2) is 33.4 Å². The smallest absolute Gasteiger partial charge is 0.331 e. The molecule has 2 aromatic rings. The van der Waals surface area contributed by atoms with Crippen LogP contribution >= 0.6 is 0 Å². The Balaban J connectivity index is 1.60. The summed E-state index contributed by atoms with van der Waals surface area (Å²) in [7, 11) is 0. The fourth-order valence-electron chi connectivity index (χ4n) is 3.44. The van der Waals surface area contributed by atoms with Gasteiger partial charge < -0.3 is 14.4 Å². The quantitative estimate of drug-likeness (QED) is 0.937. The maximum absolute atomic E-state index is 12.8. The fourth-order valence-corrected chi connectivity index (χ4v) is 3.44. The predicted molar refractivity (Wildman–Crippen MR) is 84.7 cm³/mol. The Morgan fingerprint density at radius 3 is 2.71 bits per heavy atom. The van der Waals surface area contributed by atoms with Crippen LogP contribution in [0.5, 0.6) is 0 Å². The predicted octanol–water partition coefficient (Wildman–Crippen LogP) is 2.77. The number of aromatic nitrogens is 1. The number of carbonyl (C=O) groups is 2. The molecule has 1 fully saturated rings. The van der Waals surface area contributed by atoms with Gasteiger partial charge in [0, 0.05) is 36.3 Å². The second-order valence-corrected chi connectivity index (χ2v) is 6.39. The Kier molecular flexibility index (Phi) is 3.59. The molecule has 1 N–H and O–H groups in total. The molecule has 1 aliphatic carbocycles. The van der Waals surface area contributed by atoms with Gasteiger partial charge in [-0.1, -0.05) is 6.42 Å². The third-order valence-corrected chi connectivity index (χ3v) is 5.02. The number of hydrogen-bond acceptors (Lipinski definition) is 4. The second kappa shape index (κ2) is 5.78. The molecule has 1 aliphatic heterocycles. The molecule has 2 aliphatic rings. The topological polar surface area (TPSA) is 83.6 Å². The molecule has 3 heterocycles. The SMILES string of the molecule is O=C(O)C1c2ccoc2CCN1C(=O)c1ccc(C2CCC2)nc1. The Hall–Kier alpha value is -2.63. The van der Waals surface area contributed by atoms with Gasteiger partial charge in [0.1, 0.15) is 5.76 Å². The summed E-state index contributed by atoms with van der Waals surface area (Å²) in [6.07, 6.45) is 7.09. The number of carbonyl (C=O) groups excluding carboxylic acids is 1. The maximum atomic E-state index is 12.8. The molecule has 1 atom stereocenters. The van der Waals surface area contributed by atoms with Crippen molar-refractivity contribution in [2.24, 2.45) is 0 Å². The molecule has 0 radical (unpaired) electrons. The molecule has 1 unspecified atom stereocenters. The van der Waals surface area contributed by atoms with Gasteiger partial charge >= 0.3 is 5.97 Å². The van der Waals surface area contributed by atoms with Gasteiger partial charge in [0.15, 0.2) is 6.04 Å². The Morgan fingerprint density at radius 1 is 1.25 bits per heavy atom. The van der Waals surface area contributed by atoms with Crippen LogP contribution in [0.15, 0.2) is 35.1 Å². The van der Waals surface area contributed by atoms with Gasteiger partial charge in [0.25, 0.3) is 5.91 Å². The number of carboxylic acids is 1. The molecule has 124 valence electrons. The fraction of sp³-hybridized carbons (Fsp3) is 0.389. The lowest BCUT2D eigenvalue weighted by atomic mass is 9.82. The summed E-state index contributed by atoms with van der Waals surface area (Å²) < 4.78 is 5.32. The van der Waals surface area contributed by atoms with Crippen molar-refractivity contribution in [3.8, 4) is 0 Å². The van der Waals surface area contributed by atoms with E-state index in [1.807, 2.05) is 6.07 Å². The number of aliphatic carboxylic acids is 1. The largest absolute Gasteiger partial charge is 0.479 e. The van der Waals surface area contributed by atoms with E-state index < -0.39 is 12.0 Å². The Bertz CT molecular complexity index is 777. The first-order chi connectivity index (χ1) is 11.6. The van der Waals surface area contributed by atoms with Gasteiger partial charge in [-0.2, -0.15) is 0 Å². The molecule has 0 spiro atoms. The number of fused-ring (bicyclic) bond motifs is 1. The second-order valence-electron chi connectivity index (χ2n) is 6.39. The van der Waals surface area contributed by atoms with Gasteiger partial charge in [-0.25, -0.2) is 4.79 Å². The summed E-state index contributed by atoms with van der Waals surface area (Å²) in [6, 6.07) is 4.27. The average molecular weight is 326 g/mol. The summed E-state index contributed by atoms with van der Waals surface area (Å²) in [5.74, 6) is -0.207. The lowest BCUT2D eigenvalue weighted by molar-refractivity contribution is -0.143. The summed E-state index contributed by atoms with van der Waals surface area (Å²) in [6.45, 7) is 0.320. The van der Waals surface area contributed by atoms with Gasteiger partial charge in [0.05, 0.1) is 11.8 Å². The third kappa shape index (κ3) is 2.38. The van der Waals surface area contributed by atoms with E-state index in [0.717, 1.165) is 18.5 Å². The van der Waals surface area contributed by atoms with E-state index in [2.05, 4.69) is 4.98 Å². The highest BCUT2D eigenvalue weighted by molar-refractivity contribution is 5.97. The van der Waals surface area contributed by atoms with E-state index in [0.29, 0.717) is 35.8 Å². The van der Waals surface area contributed by atoms with Gasteiger partial charge in [-0.3, -0.25) is 9.78 Å². The summed E-state index contributed by atoms with van der Waals surface area (Å²) in [4.78, 5) is 30.3. The highest BCUT2D eigenvalue weighted by Crippen LogP contribution is 2.35. The van der Waals surface area contributed by atoms with Crippen LogP contribution in [0.1, 0.15) is 58.6 Å². The molecule has 0 aromatic carbocycles. The van der Waals surface area contributed by atoms with Crippen LogP contribution in [0, 0.1) is 0 Å². The van der Waals surface area contributed by atoms with Gasteiger partial charge in [-0.15, -0.1) is 0 Å². The number of amides is 1. The minimum atomic E-state index is -1.05. The number of carboxylic acid groups (broad SMARTS) is 1. The van der Waals surface area contributed by atoms with Crippen molar-refractivity contribution in [1.82, 2.24) is 9.88 Å². The highest BCUT2D eigenvalue weighted by Gasteiger charge is 2.38. The first-order valence-corrected chi connectivity index (χ1v) is 8.21. The lowest BCUT2D eigenvalue weighted by Gasteiger charge is -2.32. The van der Waals surface area contributed by atoms with Gasteiger partial charge in [-0.05, 0) is 31.0 Å². The number of hydrogen-bond donors (Lipinski definition) is 1. The van der Waals surface area contributed by atoms with Crippen LogP contribution in [0.4, 0.5) is 0 Å².